The molecule has 2 aliphatic carbocycles. The minimum Gasteiger partial charge on any atom is -0.496 e. The normalized spacial score (nSPS) is 17.7. The number of rotatable bonds is 6. The summed E-state index contributed by atoms with van der Waals surface area (Å²) in [5, 5.41) is 0. The fourth-order valence-electron chi connectivity index (χ4n) is 5.44. The number of carbonyl (C=O) groups excluding carboxylic acids is 1. The Balaban J connectivity index is 1.42. The van der Waals surface area contributed by atoms with Crippen molar-refractivity contribution in [1.29, 1.82) is 0 Å². The molecule has 0 saturated heterocycles. The van der Waals surface area contributed by atoms with Crippen molar-refractivity contribution < 1.29 is 9.53 Å². The van der Waals surface area contributed by atoms with Crippen LogP contribution in [0.1, 0.15) is 73.7 Å². The minimum absolute atomic E-state index is 0.162. The van der Waals surface area contributed by atoms with Gasteiger partial charge in [0.1, 0.15) is 17.6 Å². The van der Waals surface area contributed by atoms with Gasteiger partial charge in [-0.15, -0.1) is 0 Å². The highest BCUT2D eigenvalue weighted by Gasteiger charge is 2.34. The molecular formula is C25H31N5O2. The van der Waals surface area contributed by atoms with Crippen LogP contribution in [0.2, 0.25) is 0 Å². The Hall–Kier alpha value is -2.96. The number of fused-ring (bicyclic) bond motifs is 1. The van der Waals surface area contributed by atoms with Crippen LogP contribution in [0.15, 0.2) is 37.1 Å². The molecule has 3 aromatic rings. The van der Waals surface area contributed by atoms with Crippen molar-refractivity contribution in [1.82, 2.24) is 24.4 Å². The second-order valence-corrected chi connectivity index (χ2v) is 9.07. The van der Waals surface area contributed by atoms with Crippen LogP contribution in [-0.4, -0.2) is 49.5 Å². The minimum atomic E-state index is 0.162. The molecule has 7 nitrogen and oxygen atoms in total. The van der Waals surface area contributed by atoms with Gasteiger partial charge in [0.2, 0.25) is 0 Å². The lowest BCUT2D eigenvalue weighted by Gasteiger charge is -2.39. The second kappa shape index (κ2) is 9.27. The third-order valence-corrected chi connectivity index (χ3v) is 7.10. The van der Waals surface area contributed by atoms with Crippen LogP contribution < -0.4 is 4.74 Å². The van der Waals surface area contributed by atoms with E-state index in [1.54, 1.807) is 19.6 Å². The van der Waals surface area contributed by atoms with Crippen molar-refractivity contribution in [3.8, 4) is 5.75 Å². The average molecular weight is 434 g/mol. The molecule has 0 aliphatic heterocycles. The summed E-state index contributed by atoms with van der Waals surface area (Å²) in [6, 6.07) is 6.64. The predicted octanol–water partition coefficient (Wildman–Crippen LogP) is 4.60. The maximum atomic E-state index is 13.7. The Morgan fingerprint density at radius 3 is 2.50 bits per heavy atom. The van der Waals surface area contributed by atoms with E-state index in [-0.39, 0.29) is 5.91 Å². The number of carbonyl (C=O) groups is 1. The Bertz CT molecular complexity index is 1080. The van der Waals surface area contributed by atoms with E-state index in [0.717, 1.165) is 48.1 Å². The van der Waals surface area contributed by atoms with Gasteiger partial charge in [0, 0.05) is 23.2 Å². The highest BCUT2D eigenvalue weighted by Crippen LogP contribution is 2.33. The molecule has 2 aromatic heterocycles. The lowest BCUT2D eigenvalue weighted by atomic mass is 9.92. The van der Waals surface area contributed by atoms with E-state index >= 15 is 0 Å². The van der Waals surface area contributed by atoms with Gasteiger partial charge >= 0.3 is 0 Å². The van der Waals surface area contributed by atoms with Gasteiger partial charge in [-0.1, -0.05) is 38.2 Å². The summed E-state index contributed by atoms with van der Waals surface area (Å²) in [5.41, 5.74) is 3.27. The molecule has 2 fully saturated rings. The number of ether oxygens (including phenoxy) is 1. The molecule has 2 aliphatic rings. The van der Waals surface area contributed by atoms with Gasteiger partial charge in [-0.25, -0.2) is 15.0 Å². The molecule has 2 saturated carbocycles. The van der Waals surface area contributed by atoms with Crippen LogP contribution in [-0.2, 0) is 6.54 Å². The second-order valence-electron chi connectivity index (χ2n) is 9.07. The fraction of sp³-hybridized carbons (Fsp3) is 0.520. The lowest BCUT2D eigenvalue weighted by molar-refractivity contribution is 0.0517. The van der Waals surface area contributed by atoms with Crippen LogP contribution in [0.4, 0.5) is 0 Å². The molecule has 7 heteroatoms. The quantitative estimate of drug-likeness (QED) is 0.568. The smallest absolute Gasteiger partial charge is 0.254 e. The van der Waals surface area contributed by atoms with Crippen molar-refractivity contribution in [2.75, 3.05) is 7.11 Å². The van der Waals surface area contributed by atoms with Crippen LogP contribution in [0.5, 0.6) is 5.75 Å². The molecule has 0 bridgehead atoms. The molecule has 0 N–H and O–H groups in total. The number of benzene rings is 1. The molecular weight excluding hydrogens is 402 g/mol. The number of amides is 1. The monoisotopic (exact) mass is 433 g/mol. The Kier molecular flexibility index (Phi) is 6.06. The molecule has 32 heavy (non-hydrogen) atoms. The first-order chi connectivity index (χ1) is 15.7. The lowest BCUT2D eigenvalue weighted by Crippen LogP contribution is -2.47. The number of hydrogen-bond donors (Lipinski definition) is 0. The van der Waals surface area contributed by atoms with E-state index in [0.29, 0.717) is 24.3 Å². The fourth-order valence-corrected chi connectivity index (χ4v) is 5.44. The summed E-state index contributed by atoms with van der Waals surface area (Å²) >= 11 is 0. The van der Waals surface area contributed by atoms with Crippen LogP contribution in [0, 0.1) is 0 Å². The number of imidazole rings is 1. The maximum absolute atomic E-state index is 13.7. The molecule has 0 spiro atoms. The molecule has 0 radical (unpaired) electrons. The molecule has 168 valence electrons. The van der Waals surface area contributed by atoms with Gasteiger partial charge in [0.05, 0.1) is 26.2 Å². The molecule has 0 unspecified atom stereocenters. The number of aromatic nitrogens is 4. The first kappa shape index (κ1) is 20.9. The van der Waals surface area contributed by atoms with E-state index in [4.69, 9.17) is 4.74 Å². The zero-order chi connectivity index (χ0) is 21.9. The van der Waals surface area contributed by atoms with E-state index < -0.39 is 0 Å². The summed E-state index contributed by atoms with van der Waals surface area (Å²) in [4.78, 5) is 28.6. The van der Waals surface area contributed by atoms with Crippen molar-refractivity contribution in [2.45, 2.75) is 76.4 Å². The maximum Gasteiger partial charge on any atom is 0.254 e. The zero-order valence-electron chi connectivity index (χ0n) is 18.7. The first-order valence-corrected chi connectivity index (χ1v) is 11.8. The van der Waals surface area contributed by atoms with Gasteiger partial charge < -0.3 is 14.2 Å². The topological polar surface area (TPSA) is 73.1 Å². The third-order valence-electron chi connectivity index (χ3n) is 7.10. The summed E-state index contributed by atoms with van der Waals surface area (Å²) in [5.74, 6) is 0.889. The summed E-state index contributed by atoms with van der Waals surface area (Å²) < 4.78 is 7.71. The van der Waals surface area contributed by atoms with Gasteiger partial charge in [0.15, 0.2) is 5.65 Å². The van der Waals surface area contributed by atoms with Crippen molar-refractivity contribution in [2.24, 2.45) is 0 Å². The van der Waals surface area contributed by atoms with Crippen molar-refractivity contribution in [3.05, 3.63) is 48.2 Å². The van der Waals surface area contributed by atoms with E-state index in [2.05, 4.69) is 19.9 Å². The molecule has 1 aromatic carbocycles. The Morgan fingerprint density at radius 2 is 1.78 bits per heavy atom. The molecule has 0 atom stereocenters. The predicted molar refractivity (Wildman–Crippen MR) is 123 cm³/mol. The number of nitrogens with zero attached hydrogens (tertiary/aromatic N) is 5. The van der Waals surface area contributed by atoms with Crippen molar-refractivity contribution >= 4 is 17.1 Å². The summed E-state index contributed by atoms with van der Waals surface area (Å²) in [6.07, 6.45) is 15.8. The largest absolute Gasteiger partial charge is 0.496 e. The molecule has 5 rings (SSSR count). The third kappa shape index (κ3) is 4.08. The number of methoxy groups -OCH3 is 1. The van der Waals surface area contributed by atoms with Gasteiger partial charge in [0.25, 0.3) is 5.91 Å². The first-order valence-electron chi connectivity index (χ1n) is 11.8. The highest BCUT2D eigenvalue weighted by molar-refractivity contribution is 5.95. The Labute approximate surface area is 188 Å². The standard InChI is InChI=1S/C25H31N5O2/c1-32-23-13-18(11-12-19(23)15-29-17-28-24-22(29)14-26-16-27-24)25(31)30(21-9-5-6-10-21)20-7-3-2-4-8-20/h11-14,16-17,20-21H,2-10,15H2,1H3. The van der Waals surface area contributed by atoms with Gasteiger partial charge in [-0.3, -0.25) is 4.79 Å². The highest BCUT2D eigenvalue weighted by atomic mass is 16.5. The molecule has 1 amide bonds. The van der Waals surface area contributed by atoms with Crippen LogP contribution in [0.25, 0.3) is 11.2 Å². The SMILES string of the molecule is COc1cc(C(=O)N(C2CCCCC2)C2CCCC2)ccc1Cn1cnc2ncncc21. The van der Waals surface area contributed by atoms with Crippen molar-refractivity contribution in [3.63, 3.8) is 0 Å². The summed E-state index contributed by atoms with van der Waals surface area (Å²) in [6.45, 7) is 0.580. The van der Waals surface area contributed by atoms with E-state index in [1.165, 1.54) is 38.4 Å². The average Bonchev–Trinajstić information content (AvgIpc) is 3.51. The van der Waals surface area contributed by atoms with Crippen LogP contribution in [0.3, 0.4) is 0 Å². The summed E-state index contributed by atoms with van der Waals surface area (Å²) in [7, 11) is 1.66. The van der Waals surface area contributed by atoms with Gasteiger partial charge in [-0.05, 0) is 37.8 Å². The van der Waals surface area contributed by atoms with E-state index in [1.807, 2.05) is 22.8 Å². The van der Waals surface area contributed by atoms with Gasteiger partial charge in [-0.2, -0.15) is 0 Å². The zero-order valence-corrected chi connectivity index (χ0v) is 18.7. The van der Waals surface area contributed by atoms with Crippen LogP contribution >= 0.6 is 0 Å². The Morgan fingerprint density at radius 1 is 1.06 bits per heavy atom. The van der Waals surface area contributed by atoms with E-state index in [9.17, 15) is 4.79 Å². The number of hydrogen-bond acceptors (Lipinski definition) is 5. The molecule has 2 heterocycles.